The molecular weight excluding hydrogens is 126 g/mol. The van der Waals surface area contributed by atoms with Crippen LogP contribution in [0.25, 0.3) is 0 Å². The topological polar surface area (TPSA) is 21.3 Å². The Morgan fingerprint density at radius 3 is 2.20 bits per heavy atom. The highest BCUT2D eigenvalue weighted by Gasteiger charge is 2.15. The van der Waals surface area contributed by atoms with Crippen molar-refractivity contribution in [2.75, 3.05) is 13.2 Å². The van der Waals surface area contributed by atoms with E-state index in [0.717, 1.165) is 13.2 Å². The van der Waals surface area contributed by atoms with Gasteiger partial charge >= 0.3 is 0 Å². The highest BCUT2D eigenvalue weighted by Crippen LogP contribution is 2.00. The van der Waals surface area contributed by atoms with E-state index in [1.807, 2.05) is 13.8 Å². The molecule has 2 atom stereocenters. The van der Waals surface area contributed by atoms with Gasteiger partial charge in [-0.1, -0.05) is 13.8 Å². The molecule has 0 amide bonds. The second-order valence-corrected chi connectivity index (χ2v) is 2.32. The smallest absolute Gasteiger partial charge is 0.0697 e. The van der Waals surface area contributed by atoms with Gasteiger partial charge in [-0.2, -0.15) is 0 Å². The van der Waals surface area contributed by atoms with Crippen molar-refractivity contribution in [1.29, 1.82) is 0 Å². The van der Waals surface area contributed by atoms with Gasteiger partial charge in [0.25, 0.3) is 0 Å². The van der Waals surface area contributed by atoms with Crippen molar-refractivity contribution >= 4 is 0 Å². The molecule has 10 heavy (non-hydrogen) atoms. The molecule has 0 radical (unpaired) electrons. The van der Waals surface area contributed by atoms with E-state index in [1.54, 1.807) is 0 Å². The zero-order valence-corrected chi connectivity index (χ0v) is 7.48. The molecule has 2 unspecified atom stereocenters. The number of rotatable bonds is 0. The second kappa shape index (κ2) is 5.69. The second-order valence-electron chi connectivity index (χ2n) is 2.32. The van der Waals surface area contributed by atoms with Crippen molar-refractivity contribution in [2.24, 2.45) is 0 Å². The van der Waals surface area contributed by atoms with Gasteiger partial charge in [0.2, 0.25) is 0 Å². The van der Waals surface area contributed by atoms with E-state index in [0.29, 0.717) is 12.1 Å². The lowest BCUT2D eigenvalue weighted by molar-refractivity contribution is 0.0135. The van der Waals surface area contributed by atoms with Crippen LogP contribution in [0.2, 0.25) is 0 Å². The van der Waals surface area contributed by atoms with Crippen molar-refractivity contribution in [3.05, 3.63) is 0 Å². The molecule has 1 fully saturated rings. The number of ether oxygens (including phenoxy) is 1. The van der Waals surface area contributed by atoms with Crippen LogP contribution in [0.3, 0.4) is 0 Å². The molecule has 0 saturated carbocycles. The Morgan fingerprint density at radius 1 is 1.30 bits per heavy atom. The standard InChI is InChI=1S/C6H13NO.C2H6/c1-5-6(2)8-4-3-7-5;1-2/h5-7H,3-4H2,1-2H3;1-2H3. The first kappa shape index (κ1) is 9.92. The molecule has 62 valence electrons. The minimum atomic E-state index is 0.392. The molecule has 1 aliphatic rings. The van der Waals surface area contributed by atoms with Crippen molar-refractivity contribution in [3.8, 4) is 0 Å². The van der Waals surface area contributed by atoms with E-state index in [4.69, 9.17) is 4.74 Å². The molecule has 0 aromatic heterocycles. The maximum atomic E-state index is 5.33. The number of nitrogens with one attached hydrogen (secondary N) is 1. The summed E-state index contributed by atoms with van der Waals surface area (Å²) in [6.45, 7) is 10.1. The summed E-state index contributed by atoms with van der Waals surface area (Å²) in [7, 11) is 0. The van der Waals surface area contributed by atoms with Crippen LogP contribution in [0.15, 0.2) is 0 Å². The van der Waals surface area contributed by atoms with Crippen LogP contribution in [0.5, 0.6) is 0 Å². The molecule has 1 aliphatic heterocycles. The van der Waals surface area contributed by atoms with Crippen LogP contribution in [-0.4, -0.2) is 25.3 Å². The summed E-state index contributed by atoms with van der Waals surface area (Å²) in [5.41, 5.74) is 0. The Kier molecular flexibility index (Phi) is 5.64. The van der Waals surface area contributed by atoms with Crippen LogP contribution in [0.4, 0.5) is 0 Å². The molecule has 0 aromatic rings. The third-order valence-corrected chi connectivity index (χ3v) is 1.65. The molecule has 2 heteroatoms. The molecule has 1 rings (SSSR count). The van der Waals surface area contributed by atoms with Crippen molar-refractivity contribution in [1.82, 2.24) is 5.32 Å². The third kappa shape index (κ3) is 3.18. The van der Waals surface area contributed by atoms with Gasteiger partial charge in [0.1, 0.15) is 0 Å². The van der Waals surface area contributed by atoms with Crippen LogP contribution < -0.4 is 5.32 Å². The Labute approximate surface area is 64.0 Å². The summed E-state index contributed by atoms with van der Waals surface area (Å²) in [6.07, 6.45) is 0.392. The van der Waals surface area contributed by atoms with Crippen molar-refractivity contribution in [3.63, 3.8) is 0 Å². The average Bonchev–Trinajstić information content (AvgIpc) is 2.00. The number of hydrogen-bond acceptors (Lipinski definition) is 2. The van der Waals surface area contributed by atoms with Gasteiger partial charge in [0, 0.05) is 12.6 Å². The largest absolute Gasteiger partial charge is 0.376 e. The van der Waals surface area contributed by atoms with Crippen LogP contribution in [0, 0.1) is 0 Å². The molecule has 0 aromatic carbocycles. The van der Waals surface area contributed by atoms with Crippen molar-refractivity contribution in [2.45, 2.75) is 39.8 Å². The van der Waals surface area contributed by atoms with Gasteiger partial charge < -0.3 is 10.1 Å². The van der Waals surface area contributed by atoms with Gasteiger partial charge in [-0.3, -0.25) is 0 Å². The predicted molar refractivity (Wildman–Crippen MR) is 44.2 cm³/mol. The summed E-state index contributed by atoms with van der Waals surface area (Å²) < 4.78 is 5.33. The highest BCUT2D eigenvalue weighted by atomic mass is 16.5. The molecule has 0 bridgehead atoms. The van der Waals surface area contributed by atoms with Gasteiger partial charge in [-0.05, 0) is 13.8 Å². The summed E-state index contributed by atoms with van der Waals surface area (Å²) in [6, 6.07) is 0.531. The SMILES string of the molecule is CC.CC1NCCOC1C. The van der Waals surface area contributed by atoms with E-state index in [1.165, 1.54) is 0 Å². The Hall–Kier alpha value is -0.0800. The van der Waals surface area contributed by atoms with E-state index < -0.39 is 0 Å². The first-order valence-corrected chi connectivity index (χ1v) is 4.15. The summed E-state index contributed by atoms with van der Waals surface area (Å²) in [4.78, 5) is 0. The van der Waals surface area contributed by atoms with Gasteiger partial charge in [0.15, 0.2) is 0 Å². The number of morpholine rings is 1. The zero-order valence-electron chi connectivity index (χ0n) is 7.48. The first-order valence-electron chi connectivity index (χ1n) is 4.15. The van der Waals surface area contributed by atoms with Gasteiger partial charge in [0.05, 0.1) is 12.7 Å². The third-order valence-electron chi connectivity index (χ3n) is 1.65. The molecule has 1 saturated heterocycles. The fraction of sp³-hybridized carbons (Fsp3) is 1.00. The Balaban J connectivity index is 0.000000371. The normalized spacial score (nSPS) is 32.4. The maximum absolute atomic E-state index is 5.33. The minimum Gasteiger partial charge on any atom is -0.376 e. The first-order chi connectivity index (χ1) is 4.80. The quantitative estimate of drug-likeness (QED) is 0.556. The fourth-order valence-electron chi connectivity index (χ4n) is 0.842. The van der Waals surface area contributed by atoms with E-state index in [2.05, 4.69) is 19.2 Å². The Morgan fingerprint density at radius 2 is 1.90 bits per heavy atom. The lowest BCUT2D eigenvalue weighted by Gasteiger charge is -2.26. The minimum absolute atomic E-state index is 0.392. The zero-order chi connectivity index (χ0) is 7.98. The maximum Gasteiger partial charge on any atom is 0.0697 e. The lowest BCUT2D eigenvalue weighted by atomic mass is 10.2. The van der Waals surface area contributed by atoms with E-state index in [-0.39, 0.29) is 0 Å². The summed E-state index contributed by atoms with van der Waals surface area (Å²) >= 11 is 0. The van der Waals surface area contributed by atoms with Crippen LogP contribution in [0.1, 0.15) is 27.7 Å². The Bertz CT molecular complexity index is 65.7. The lowest BCUT2D eigenvalue weighted by Crippen LogP contribution is -2.44. The molecule has 0 aliphatic carbocycles. The molecule has 0 spiro atoms. The average molecular weight is 145 g/mol. The van der Waals surface area contributed by atoms with Crippen molar-refractivity contribution < 1.29 is 4.74 Å². The monoisotopic (exact) mass is 145 g/mol. The summed E-state index contributed by atoms with van der Waals surface area (Å²) in [5, 5.41) is 3.31. The highest BCUT2D eigenvalue weighted by molar-refractivity contribution is 4.71. The van der Waals surface area contributed by atoms with E-state index in [9.17, 15) is 0 Å². The van der Waals surface area contributed by atoms with Crippen LogP contribution in [-0.2, 0) is 4.74 Å². The molecule has 1 N–H and O–H groups in total. The fourth-order valence-corrected chi connectivity index (χ4v) is 0.842. The number of hydrogen-bond donors (Lipinski definition) is 1. The van der Waals surface area contributed by atoms with Gasteiger partial charge in [-0.15, -0.1) is 0 Å². The molecule has 1 heterocycles. The van der Waals surface area contributed by atoms with Gasteiger partial charge in [-0.25, -0.2) is 0 Å². The van der Waals surface area contributed by atoms with E-state index >= 15 is 0 Å². The molecular formula is C8H19NO. The summed E-state index contributed by atoms with van der Waals surface area (Å²) in [5.74, 6) is 0. The molecule has 2 nitrogen and oxygen atoms in total. The van der Waals surface area contributed by atoms with Crippen LogP contribution >= 0.6 is 0 Å². The predicted octanol–water partition coefficient (Wildman–Crippen LogP) is 1.41.